The fraction of sp³-hybridized carbons (Fsp3) is 0.154. The summed E-state index contributed by atoms with van der Waals surface area (Å²) in [6.07, 6.45) is -3.63. The van der Waals surface area contributed by atoms with Gasteiger partial charge in [-0.15, -0.1) is 10.2 Å². The zero-order chi connectivity index (χ0) is 17.7. The molecule has 0 aliphatic heterocycles. The molecule has 2 rings (SSSR count). The summed E-state index contributed by atoms with van der Waals surface area (Å²) in [7, 11) is 0.988. The number of allylic oxidation sites excluding steroid dienone is 1. The lowest BCUT2D eigenvalue weighted by Gasteiger charge is -2.13. The number of aromatic nitrogens is 4. The number of ether oxygens (including phenoxy) is 1. The summed E-state index contributed by atoms with van der Waals surface area (Å²) in [6.45, 7) is 0. The van der Waals surface area contributed by atoms with Gasteiger partial charge in [0.1, 0.15) is 11.6 Å². The standard InChI is InChI=1S/C13H9F3N6O2/c1-24-12(23)9-3-2-8(4-10(9)13(14,15)16)18-6-7(5-17)11-19-21-22-20-11/h2-4,6,18H,1H3,(H,19,20,21,22). The van der Waals surface area contributed by atoms with E-state index in [4.69, 9.17) is 5.26 Å². The number of H-pyrrole nitrogens is 1. The molecule has 0 spiro atoms. The molecule has 0 amide bonds. The molecule has 124 valence electrons. The Hall–Kier alpha value is -3.42. The Kier molecular flexibility index (Phi) is 4.78. The largest absolute Gasteiger partial charge is 0.465 e. The first-order valence-corrected chi connectivity index (χ1v) is 6.27. The van der Waals surface area contributed by atoms with Crippen molar-refractivity contribution in [3.05, 3.63) is 41.4 Å². The molecule has 0 radical (unpaired) electrons. The van der Waals surface area contributed by atoms with E-state index in [-0.39, 0.29) is 17.1 Å². The molecule has 8 nitrogen and oxygen atoms in total. The Morgan fingerprint density at radius 3 is 2.75 bits per heavy atom. The quantitative estimate of drug-likeness (QED) is 0.646. The highest BCUT2D eigenvalue weighted by Crippen LogP contribution is 2.34. The lowest BCUT2D eigenvalue weighted by atomic mass is 10.1. The number of benzene rings is 1. The lowest BCUT2D eigenvalue weighted by molar-refractivity contribution is -0.138. The van der Waals surface area contributed by atoms with Gasteiger partial charge >= 0.3 is 12.1 Å². The van der Waals surface area contributed by atoms with Gasteiger partial charge in [-0.3, -0.25) is 0 Å². The number of aromatic amines is 1. The number of esters is 1. The van der Waals surface area contributed by atoms with Gasteiger partial charge in [0, 0.05) is 11.9 Å². The summed E-state index contributed by atoms with van der Waals surface area (Å²) < 4.78 is 43.6. The highest BCUT2D eigenvalue weighted by Gasteiger charge is 2.35. The van der Waals surface area contributed by atoms with E-state index in [1.54, 1.807) is 6.07 Å². The number of nitriles is 1. The van der Waals surface area contributed by atoms with Crippen molar-refractivity contribution in [1.29, 1.82) is 5.26 Å². The third kappa shape index (κ3) is 3.67. The smallest absolute Gasteiger partial charge is 0.417 e. The number of halogens is 3. The summed E-state index contributed by atoms with van der Waals surface area (Å²) >= 11 is 0. The molecule has 1 heterocycles. The Balaban J connectivity index is 2.36. The molecule has 0 saturated heterocycles. The number of nitrogens with one attached hydrogen (secondary N) is 2. The van der Waals surface area contributed by atoms with Crippen LogP contribution >= 0.6 is 0 Å². The lowest BCUT2D eigenvalue weighted by Crippen LogP contribution is -2.14. The van der Waals surface area contributed by atoms with Crippen LogP contribution < -0.4 is 5.32 Å². The number of anilines is 1. The van der Waals surface area contributed by atoms with E-state index in [0.717, 1.165) is 25.4 Å². The summed E-state index contributed by atoms with van der Waals surface area (Å²) in [6, 6.07) is 4.72. The minimum atomic E-state index is -4.75. The molecule has 1 aromatic carbocycles. The SMILES string of the molecule is COC(=O)c1ccc(NC=C(C#N)c2nn[nH]n2)cc1C(F)(F)F. The molecule has 2 N–H and O–H groups in total. The molecule has 0 aliphatic rings. The average Bonchev–Trinajstić information content (AvgIpc) is 3.08. The van der Waals surface area contributed by atoms with Crippen LogP contribution in [0.3, 0.4) is 0 Å². The molecule has 0 saturated carbocycles. The second kappa shape index (κ2) is 6.78. The first-order chi connectivity index (χ1) is 11.4. The van der Waals surface area contributed by atoms with Crippen LogP contribution in [0.2, 0.25) is 0 Å². The topological polar surface area (TPSA) is 117 Å². The number of tetrazole rings is 1. The fourth-order valence-corrected chi connectivity index (χ4v) is 1.73. The molecular formula is C13H9F3N6O2. The van der Waals surface area contributed by atoms with Crippen LogP contribution in [-0.2, 0) is 10.9 Å². The van der Waals surface area contributed by atoms with Crippen molar-refractivity contribution in [2.45, 2.75) is 6.18 Å². The molecule has 11 heteroatoms. The number of hydrogen-bond acceptors (Lipinski definition) is 7. The first kappa shape index (κ1) is 16.9. The van der Waals surface area contributed by atoms with Crippen molar-refractivity contribution in [2.24, 2.45) is 0 Å². The van der Waals surface area contributed by atoms with E-state index < -0.39 is 23.3 Å². The zero-order valence-electron chi connectivity index (χ0n) is 12.0. The summed E-state index contributed by atoms with van der Waals surface area (Å²) in [5.41, 5.74) is -1.82. The number of carbonyl (C=O) groups excluding carboxylic acids is 1. The summed E-state index contributed by atoms with van der Waals surface area (Å²) in [5, 5.41) is 24.1. The highest BCUT2D eigenvalue weighted by atomic mass is 19.4. The Labute approximate surface area is 132 Å². The normalized spacial score (nSPS) is 11.7. The van der Waals surface area contributed by atoms with Gasteiger partial charge in [-0.25, -0.2) is 4.79 Å². The van der Waals surface area contributed by atoms with Crippen LogP contribution in [0.1, 0.15) is 21.7 Å². The van der Waals surface area contributed by atoms with Gasteiger partial charge in [-0.1, -0.05) is 0 Å². The van der Waals surface area contributed by atoms with Crippen LogP contribution in [0.4, 0.5) is 18.9 Å². The molecular weight excluding hydrogens is 329 g/mol. The fourth-order valence-electron chi connectivity index (χ4n) is 1.73. The van der Waals surface area contributed by atoms with Crippen molar-refractivity contribution >= 4 is 17.2 Å². The molecule has 0 fully saturated rings. The predicted octanol–water partition coefficient (Wildman–Crippen LogP) is 1.98. The van der Waals surface area contributed by atoms with Crippen LogP contribution in [0.15, 0.2) is 24.4 Å². The third-order valence-corrected chi connectivity index (χ3v) is 2.82. The van der Waals surface area contributed by atoms with Crippen LogP contribution in [0, 0.1) is 11.3 Å². The van der Waals surface area contributed by atoms with E-state index in [1.165, 1.54) is 6.07 Å². The van der Waals surface area contributed by atoms with Crippen molar-refractivity contribution in [1.82, 2.24) is 20.6 Å². The van der Waals surface area contributed by atoms with E-state index in [2.05, 4.69) is 30.7 Å². The van der Waals surface area contributed by atoms with E-state index in [1.807, 2.05) is 0 Å². The second-order valence-corrected chi connectivity index (χ2v) is 4.30. The maximum Gasteiger partial charge on any atom is 0.417 e. The van der Waals surface area contributed by atoms with Gasteiger partial charge in [0.2, 0.25) is 5.82 Å². The Bertz CT molecular complexity index is 808. The summed E-state index contributed by atoms with van der Waals surface area (Å²) in [5.74, 6) is -1.12. The van der Waals surface area contributed by atoms with Crippen molar-refractivity contribution in [2.75, 3.05) is 12.4 Å². The van der Waals surface area contributed by atoms with Gasteiger partial charge < -0.3 is 10.1 Å². The van der Waals surface area contributed by atoms with Gasteiger partial charge in [0.05, 0.1) is 18.2 Å². The van der Waals surface area contributed by atoms with Crippen LogP contribution in [0.5, 0.6) is 0 Å². The number of nitrogens with zero attached hydrogens (tertiary/aromatic N) is 4. The molecule has 1 aromatic heterocycles. The Morgan fingerprint density at radius 2 is 2.21 bits per heavy atom. The van der Waals surface area contributed by atoms with E-state index >= 15 is 0 Å². The van der Waals surface area contributed by atoms with Gasteiger partial charge in [0.25, 0.3) is 0 Å². The van der Waals surface area contributed by atoms with Gasteiger partial charge in [-0.05, 0) is 23.4 Å². The number of carbonyl (C=O) groups is 1. The van der Waals surface area contributed by atoms with E-state index in [9.17, 15) is 18.0 Å². The van der Waals surface area contributed by atoms with Crippen LogP contribution in [-0.4, -0.2) is 33.7 Å². The minimum absolute atomic E-state index is 0.00576. The van der Waals surface area contributed by atoms with Crippen LogP contribution in [0.25, 0.3) is 5.57 Å². The summed E-state index contributed by atoms with van der Waals surface area (Å²) in [4.78, 5) is 11.4. The molecule has 0 unspecified atom stereocenters. The van der Waals surface area contributed by atoms with Crippen molar-refractivity contribution < 1.29 is 22.7 Å². The predicted molar refractivity (Wildman–Crippen MR) is 74.2 cm³/mol. The number of rotatable bonds is 4. The highest BCUT2D eigenvalue weighted by molar-refractivity contribution is 5.92. The van der Waals surface area contributed by atoms with Crippen molar-refractivity contribution in [3.8, 4) is 6.07 Å². The van der Waals surface area contributed by atoms with Gasteiger partial charge in [0.15, 0.2) is 0 Å². The molecule has 0 bridgehead atoms. The molecule has 0 atom stereocenters. The Morgan fingerprint density at radius 1 is 1.46 bits per heavy atom. The number of alkyl halides is 3. The zero-order valence-corrected chi connectivity index (χ0v) is 12.0. The maximum absolute atomic E-state index is 13.1. The minimum Gasteiger partial charge on any atom is -0.465 e. The third-order valence-electron chi connectivity index (χ3n) is 2.82. The second-order valence-electron chi connectivity index (χ2n) is 4.30. The maximum atomic E-state index is 13.1. The average molecular weight is 338 g/mol. The van der Waals surface area contributed by atoms with E-state index in [0.29, 0.717) is 0 Å². The molecule has 2 aromatic rings. The first-order valence-electron chi connectivity index (χ1n) is 6.27. The van der Waals surface area contributed by atoms with Crippen molar-refractivity contribution in [3.63, 3.8) is 0 Å². The number of methoxy groups -OCH3 is 1. The molecule has 0 aliphatic carbocycles. The number of hydrogen-bond donors (Lipinski definition) is 2. The molecule has 24 heavy (non-hydrogen) atoms. The van der Waals surface area contributed by atoms with Gasteiger partial charge in [-0.2, -0.15) is 23.6 Å². The monoisotopic (exact) mass is 338 g/mol.